The van der Waals surface area contributed by atoms with E-state index in [4.69, 9.17) is 0 Å². The fraction of sp³-hybridized carbons (Fsp3) is 0.0526. The quantitative estimate of drug-likeness (QED) is 0.582. The van der Waals surface area contributed by atoms with Crippen LogP contribution in [0.1, 0.15) is 10.4 Å². The number of carbonyl (C=O) groups is 1. The van der Waals surface area contributed by atoms with E-state index in [1.807, 2.05) is 18.6 Å². The molecule has 0 atom stereocenters. The van der Waals surface area contributed by atoms with E-state index in [1.54, 1.807) is 35.1 Å². The number of thiazole rings is 1. The fourth-order valence-corrected chi connectivity index (χ4v) is 3.32. The van der Waals surface area contributed by atoms with Gasteiger partial charge in [-0.05, 0) is 36.4 Å². The molecule has 3 heterocycles. The van der Waals surface area contributed by atoms with E-state index in [-0.39, 0.29) is 11.7 Å². The average Bonchev–Trinajstić information content (AvgIpc) is 3.29. The Balaban J connectivity index is 1.62. The van der Waals surface area contributed by atoms with Crippen molar-refractivity contribution in [3.63, 3.8) is 0 Å². The van der Waals surface area contributed by atoms with Gasteiger partial charge in [-0.15, -0.1) is 11.3 Å². The van der Waals surface area contributed by atoms with Crippen molar-refractivity contribution in [3.8, 4) is 22.5 Å². The summed E-state index contributed by atoms with van der Waals surface area (Å²) in [5, 5.41) is 9.57. The van der Waals surface area contributed by atoms with Crippen molar-refractivity contribution in [2.24, 2.45) is 7.05 Å². The Bertz CT molecular complexity index is 1090. The Morgan fingerprint density at radius 2 is 2.04 bits per heavy atom. The highest BCUT2D eigenvalue weighted by atomic mass is 32.1. The predicted molar refractivity (Wildman–Crippen MR) is 102 cm³/mol. The van der Waals surface area contributed by atoms with Gasteiger partial charge in [0, 0.05) is 42.1 Å². The van der Waals surface area contributed by atoms with Gasteiger partial charge in [-0.1, -0.05) is 0 Å². The van der Waals surface area contributed by atoms with Gasteiger partial charge in [0.1, 0.15) is 11.5 Å². The number of hydrogen-bond acceptors (Lipinski definition) is 5. The summed E-state index contributed by atoms with van der Waals surface area (Å²) < 4.78 is 14.9. The lowest BCUT2D eigenvalue weighted by atomic mass is 10.1. The second-order valence-corrected chi connectivity index (χ2v) is 6.66. The van der Waals surface area contributed by atoms with E-state index in [0.717, 1.165) is 11.1 Å². The number of amides is 1. The number of nitrogens with zero attached hydrogens (tertiary/aromatic N) is 4. The third-order valence-electron chi connectivity index (χ3n) is 3.87. The second kappa shape index (κ2) is 7.08. The third kappa shape index (κ3) is 3.61. The highest BCUT2D eigenvalue weighted by molar-refractivity contribution is 7.14. The maximum absolute atomic E-state index is 13.2. The van der Waals surface area contributed by atoms with Crippen molar-refractivity contribution in [2.75, 3.05) is 5.32 Å². The summed E-state index contributed by atoms with van der Waals surface area (Å²) in [6.45, 7) is 0. The number of aromatic nitrogens is 4. The molecule has 4 aromatic rings. The molecule has 134 valence electrons. The minimum Gasteiger partial charge on any atom is -0.298 e. The molecule has 0 fully saturated rings. The van der Waals surface area contributed by atoms with Gasteiger partial charge in [0.05, 0.1) is 11.3 Å². The van der Waals surface area contributed by atoms with Crippen molar-refractivity contribution in [1.82, 2.24) is 19.7 Å². The van der Waals surface area contributed by atoms with Crippen molar-refractivity contribution >= 4 is 22.4 Å². The Hall–Kier alpha value is -3.39. The molecule has 8 heteroatoms. The summed E-state index contributed by atoms with van der Waals surface area (Å²) >= 11 is 1.32. The van der Waals surface area contributed by atoms with Crippen LogP contribution in [0.5, 0.6) is 0 Å². The molecule has 0 aliphatic rings. The van der Waals surface area contributed by atoms with Crippen LogP contribution >= 0.6 is 11.3 Å². The molecule has 0 radical (unpaired) electrons. The SMILES string of the molecule is Cn1cc(-c2csc(NC(=O)c3cccnc3)n2)c(-c2ccc(F)cc2)n1. The highest BCUT2D eigenvalue weighted by Gasteiger charge is 2.16. The predicted octanol–water partition coefficient (Wildman–Crippen LogP) is 4.00. The molecule has 0 unspecified atom stereocenters. The molecular weight excluding hydrogens is 365 g/mol. The van der Waals surface area contributed by atoms with Gasteiger partial charge < -0.3 is 0 Å². The maximum Gasteiger partial charge on any atom is 0.259 e. The normalized spacial score (nSPS) is 10.7. The van der Waals surface area contributed by atoms with Gasteiger partial charge >= 0.3 is 0 Å². The van der Waals surface area contributed by atoms with Gasteiger partial charge in [-0.2, -0.15) is 5.10 Å². The number of carbonyl (C=O) groups excluding carboxylic acids is 1. The van der Waals surface area contributed by atoms with E-state index < -0.39 is 0 Å². The zero-order valence-corrected chi connectivity index (χ0v) is 15.1. The second-order valence-electron chi connectivity index (χ2n) is 5.81. The first-order chi connectivity index (χ1) is 13.1. The van der Waals surface area contributed by atoms with E-state index in [2.05, 4.69) is 20.4 Å². The molecule has 27 heavy (non-hydrogen) atoms. The number of hydrogen-bond donors (Lipinski definition) is 1. The molecule has 0 saturated carbocycles. The van der Waals surface area contributed by atoms with E-state index in [1.165, 1.54) is 29.7 Å². The Morgan fingerprint density at radius 1 is 1.22 bits per heavy atom. The summed E-state index contributed by atoms with van der Waals surface area (Å²) in [6.07, 6.45) is 4.95. The Labute approximate surface area is 158 Å². The van der Waals surface area contributed by atoms with E-state index >= 15 is 0 Å². The van der Waals surface area contributed by atoms with Crippen molar-refractivity contribution in [3.05, 3.63) is 71.7 Å². The van der Waals surface area contributed by atoms with Gasteiger partial charge in [0.2, 0.25) is 0 Å². The number of rotatable bonds is 4. The van der Waals surface area contributed by atoms with Crippen LogP contribution in [0.15, 0.2) is 60.4 Å². The van der Waals surface area contributed by atoms with Gasteiger partial charge in [0.15, 0.2) is 5.13 Å². The standard InChI is InChI=1S/C19H14FN5OS/c1-25-10-15(17(24-25)12-4-6-14(20)7-5-12)16-11-27-19(22-16)23-18(26)13-3-2-8-21-9-13/h2-11H,1H3,(H,22,23,26). The molecule has 1 amide bonds. The number of benzene rings is 1. The lowest BCUT2D eigenvalue weighted by Crippen LogP contribution is -2.11. The average molecular weight is 379 g/mol. The number of halogens is 1. The highest BCUT2D eigenvalue weighted by Crippen LogP contribution is 2.33. The number of aryl methyl sites for hydroxylation is 1. The molecule has 3 aromatic heterocycles. The molecule has 0 aliphatic carbocycles. The first kappa shape index (κ1) is 17.0. The molecule has 0 aliphatic heterocycles. The lowest BCUT2D eigenvalue weighted by Gasteiger charge is -2.01. The monoisotopic (exact) mass is 379 g/mol. The van der Waals surface area contributed by atoms with Gasteiger partial charge in [-0.3, -0.25) is 19.8 Å². The molecule has 1 N–H and O–H groups in total. The van der Waals surface area contributed by atoms with Crippen LogP contribution < -0.4 is 5.32 Å². The summed E-state index contributed by atoms with van der Waals surface area (Å²) in [6, 6.07) is 9.54. The van der Waals surface area contributed by atoms with Crippen LogP contribution in [-0.4, -0.2) is 25.7 Å². The minimum absolute atomic E-state index is 0.269. The number of anilines is 1. The topological polar surface area (TPSA) is 72.7 Å². The molecule has 0 spiro atoms. The van der Waals surface area contributed by atoms with Gasteiger partial charge in [0.25, 0.3) is 5.91 Å². The zero-order chi connectivity index (χ0) is 18.8. The molecule has 1 aromatic carbocycles. The Kier molecular flexibility index (Phi) is 4.47. The maximum atomic E-state index is 13.2. The molecule has 6 nitrogen and oxygen atoms in total. The largest absolute Gasteiger partial charge is 0.298 e. The minimum atomic E-state index is -0.301. The summed E-state index contributed by atoms with van der Waals surface area (Å²) in [5.41, 5.74) is 3.45. The van der Waals surface area contributed by atoms with Crippen molar-refractivity contribution in [1.29, 1.82) is 0 Å². The van der Waals surface area contributed by atoms with Crippen LogP contribution in [-0.2, 0) is 7.05 Å². The first-order valence-electron chi connectivity index (χ1n) is 8.07. The lowest BCUT2D eigenvalue weighted by molar-refractivity contribution is 0.102. The summed E-state index contributed by atoms with van der Waals surface area (Å²) in [5.74, 6) is -0.570. The van der Waals surface area contributed by atoms with E-state index in [9.17, 15) is 9.18 Å². The van der Waals surface area contributed by atoms with Crippen molar-refractivity contribution in [2.45, 2.75) is 0 Å². The smallest absolute Gasteiger partial charge is 0.259 e. The van der Waals surface area contributed by atoms with Crippen molar-refractivity contribution < 1.29 is 9.18 Å². The van der Waals surface area contributed by atoms with Gasteiger partial charge in [-0.25, -0.2) is 9.37 Å². The third-order valence-corrected chi connectivity index (χ3v) is 4.63. The number of pyridine rings is 1. The van der Waals surface area contributed by atoms with Crippen LogP contribution in [0, 0.1) is 5.82 Å². The first-order valence-corrected chi connectivity index (χ1v) is 8.95. The summed E-state index contributed by atoms with van der Waals surface area (Å²) in [7, 11) is 1.81. The van der Waals surface area contributed by atoms with Crippen LogP contribution in [0.3, 0.4) is 0 Å². The zero-order valence-electron chi connectivity index (χ0n) is 14.3. The molecular formula is C19H14FN5OS. The molecule has 4 rings (SSSR count). The van der Waals surface area contributed by atoms with Crippen LogP contribution in [0.4, 0.5) is 9.52 Å². The molecule has 0 saturated heterocycles. The van der Waals surface area contributed by atoms with Crippen LogP contribution in [0.2, 0.25) is 0 Å². The van der Waals surface area contributed by atoms with E-state index in [0.29, 0.717) is 22.1 Å². The summed E-state index contributed by atoms with van der Waals surface area (Å²) in [4.78, 5) is 20.7. The number of nitrogens with one attached hydrogen (secondary N) is 1. The Morgan fingerprint density at radius 3 is 2.78 bits per heavy atom. The fourth-order valence-electron chi connectivity index (χ4n) is 2.62. The molecule has 0 bridgehead atoms. The van der Waals surface area contributed by atoms with Crippen LogP contribution in [0.25, 0.3) is 22.5 Å².